The van der Waals surface area contributed by atoms with Crippen LogP contribution in [0.3, 0.4) is 0 Å². The van der Waals surface area contributed by atoms with E-state index < -0.39 is 0 Å². The molecule has 0 spiro atoms. The summed E-state index contributed by atoms with van der Waals surface area (Å²) >= 11 is 0. The number of methoxy groups -OCH3 is 1. The quantitative estimate of drug-likeness (QED) is 0.323. The number of urea groups is 1. The zero-order valence-corrected chi connectivity index (χ0v) is 12.5. The first-order chi connectivity index (χ1) is 9.97. The van der Waals surface area contributed by atoms with Crippen molar-refractivity contribution in [3.63, 3.8) is 0 Å². The van der Waals surface area contributed by atoms with Gasteiger partial charge in [-0.05, 0) is 38.1 Å². The molecule has 7 nitrogen and oxygen atoms in total. The molecule has 4 N–H and O–H groups in total. The summed E-state index contributed by atoms with van der Waals surface area (Å²) < 4.78 is 5.06. The van der Waals surface area contributed by atoms with Crippen LogP contribution in [-0.4, -0.2) is 41.7 Å². The molecule has 0 saturated heterocycles. The van der Waals surface area contributed by atoms with Gasteiger partial charge in [-0.1, -0.05) is 5.16 Å². The van der Waals surface area contributed by atoms with Crippen LogP contribution in [0.25, 0.3) is 0 Å². The van der Waals surface area contributed by atoms with Gasteiger partial charge in [-0.25, -0.2) is 4.79 Å². The molecule has 1 aromatic carbocycles. The second-order valence-electron chi connectivity index (χ2n) is 4.79. The fraction of sp³-hybridized carbons (Fsp3) is 0.429. The van der Waals surface area contributed by atoms with Crippen LogP contribution in [0, 0.1) is 0 Å². The van der Waals surface area contributed by atoms with Gasteiger partial charge in [-0.2, -0.15) is 0 Å². The van der Waals surface area contributed by atoms with E-state index in [9.17, 15) is 4.79 Å². The average Bonchev–Trinajstić information content (AvgIpc) is 2.47. The van der Waals surface area contributed by atoms with Crippen molar-refractivity contribution in [3.8, 4) is 5.75 Å². The molecule has 0 aliphatic heterocycles. The number of carbonyl (C=O) groups is 1. The summed E-state index contributed by atoms with van der Waals surface area (Å²) in [7, 11) is 1.58. The van der Waals surface area contributed by atoms with E-state index >= 15 is 0 Å². The van der Waals surface area contributed by atoms with Gasteiger partial charge < -0.3 is 25.9 Å². The number of nitrogens with one attached hydrogen (secondary N) is 1. The molecule has 7 heteroatoms. The topological polar surface area (TPSA) is 100 Å². The predicted molar refractivity (Wildman–Crippen MR) is 81.9 cm³/mol. The SMILES string of the molecule is COc1ccc(NC(=O)N(CCC(N)=NO)C(C)C)cc1. The van der Waals surface area contributed by atoms with Gasteiger partial charge in [-0.15, -0.1) is 0 Å². The number of nitrogens with zero attached hydrogens (tertiary/aromatic N) is 2. The zero-order valence-electron chi connectivity index (χ0n) is 12.5. The van der Waals surface area contributed by atoms with E-state index in [4.69, 9.17) is 15.7 Å². The number of oxime groups is 1. The number of amides is 2. The molecule has 0 aliphatic carbocycles. The highest BCUT2D eigenvalue weighted by atomic mass is 16.5. The lowest BCUT2D eigenvalue weighted by Gasteiger charge is -2.26. The van der Waals surface area contributed by atoms with Crippen LogP contribution in [0.5, 0.6) is 5.75 Å². The molecule has 0 bridgehead atoms. The normalized spacial score (nSPS) is 11.3. The maximum atomic E-state index is 12.2. The van der Waals surface area contributed by atoms with Crippen molar-refractivity contribution < 1.29 is 14.7 Å². The second kappa shape index (κ2) is 7.98. The number of nitrogens with two attached hydrogens (primary N) is 1. The standard InChI is InChI=1S/C14H22N4O3/c1-10(2)18(9-8-13(15)17-20)14(19)16-11-4-6-12(21-3)7-5-11/h4-7,10,20H,8-9H2,1-3H3,(H2,15,17)(H,16,19). The van der Waals surface area contributed by atoms with E-state index in [-0.39, 0.29) is 17.9 Å². The lowest BCUT2D eigenvalue weighted by Crippen LogP contribution is -2.41. The molecule has 116 valence electrons. The molecule has 1 aromatic rings. The van der Waals surface area contributed by atoms with Gasteiger partial charge in [0, 0.05) is 24.7 Å². The lowest BCUT2D eigenvalue weighted by molar-refractivity contribution is 0.198. The molecular formula is C14H22N4O3. The van der Waals surface area contributed by atoms with Crippen molar-refractivity contribution in [1.82, 2.24) is 4.90 Å². The van der Waals surface area contributed by atoms with Gasteiger partial charge >= 0.3 is 6.03 Å². The molecule has 0 aromatic heterocycles. The van der Waals surface area contributed by atoms with Gasteiger partial charge in [0.15, 0.2) is 0 Å². The maximum Gasteiger partial charge on any atom is 0.322 e. The highest BCUT2D eigenvalue weighted by Crippen LogP contribution is 2.16. The molecule has 0 saturated carbocycles. The Morgan fingerprint density at radius 2 is 2.05 bits per heavy atom. The number of anilines is 1. The van der Waals surface area contributed by atoms with Gasteiger partial charge in [0.05, 0.1) is 7.11 Å². The second-order valence-corrected chi connectivity index (χ2v) is 4.79. The van der Waals surface area contributed by atoms with E-state index in [2.05, 4.69) is 10.5 Å². The summed E-state index contributed by atoms with van der Waals surface area (Å²) in [5, 5.41) is 14.3. The van der Waals surface area contributed by atoms with Crippen LogP contribution in [-0.2, 0) is 0 Å². The zero-order chi connectivity index (χ0) is 15.8. The maximum absolute atomic E-state index is 12.2. The van der Waals surface area contributed by atoms with E-state index in [1.54, 1.807) is 36.3 Å². The highest BCUT2D eigenvalue weighted by molar-refractivity contribution is 5.90. The van der Waals surface area contributed by atoms with Gasteiger partial charge in [0.1, 0.15) is 11.6 Å². The smallest absolute Gasteiger partial charge is 0.322 e. The molecule has 0 aliphatic rings. The number of carbonyl (C=O) groups excluding carboxylic acids is 1. The number of hydrogen-bond acceptors (Lipinski definition) is 4. The van der Waals surface area contributed by atoms with Crippen molar-refractivity contribution >= 4 is 17.6 Å². The Bertz CT molecular complexity index is 485. The number of benzene rings is 1. The lowest BCUT2D eigenvalue weighted by atomic mass is 10.2. The number of hydrogen-bond donors (Lipinski definition) is 3. The highest BCUT2D eigenvalue weighted by Gasteiger charge is 2.17. The molecule has 0 fully saturated rings. The summed E-state index contributed by atoms with van der Waals surface area (Å²) in [5.74, 6) is 0.818. The van der Waals surface area contributed by atoms with Crippen LogP contribution in [0.2, 0.25) is 0 Å². The Labute approximate surface area is 124 Å². The van der Waals surface area contributed by atoms with Crippen LogP contribution >= 0.6 is 0 Å². The van der Waals surface area contributed by atoms with Crippen molar-refractivity contribution in [2.45, 2.75) is 26.3 Å². The Hall–Kier alpha value is -2.44. The fourth-order valence-electron chi connectivity index (χ4n) is 1.75. The predicted octanol–water partition coefficient (Wildman–Crippen LogP) is 2.07. The minimum absolute atomic E-state index is 0.00487. The van der Waals surface area contributed by atoms with E-state index in [0.29, 0.717) is 18.7 Å². The van der Waals surface area contributed by atoms with Crippen molar-refractivity contribution in [3.05, 3.63) is 24.3 Å². The van der Waals surface area contributed by atoms with Crippen molar-refractivity contribution in [2.75, 3.05) is 19.0 Å². The molecule has 0 unspecified atom stereocenters. The van der Waals surface area contributed by atoms with Gasteiger partial charge in [-0.3, -0.25) is 0 Å². The van der Waals surface area contributed by atoms with Gasteiger partial charge in [0.2, 0.25) is 0 Å². The minimum Gasteiger partial charge on any atom is -0.497 e. The molecule has 0 atom stereocenters. The molecule has 0 radical (unpaired) electrons. The molecule has 1 rings (SSSR count). The Morgan fingerprint density at radius 1 is 1.43 bits per heavy atom. The molecule has 21 heavy (non-hydrogen) atoms. The van der Waals surface area contributed by atoms with Crippen molar-refractivity contribution in [2.24, 2.45) is 10.9 Å². The van der Waals surface area contributed by atoms with Gasteiger partial charge in [0.25, 0.3) is 0 Å². The van der Waals surface area contributed by atoms with E-state index in [0.717, 1.165) is 5.75 Å². The third-order valence-corrected chi connectivity index (χ3v) is 2.96. The summed E-state index contributed by atoms with van der Waals surface area (Å²) in [6.07, 6.45) is 0.310. The average molecular weight is 294 g/mol. The Balaban J connectivity index is 2.67. The van der Waals surface area contributed by atoms with E-state index in [1.807, 2.05) is 13.8 Å². The fourth-order valence-corrected chi connectivity index (χ4v) is 1.75. The molecular weight excluding hydrogens is 272 g/mol. The van der Waals surface area contributed by atoms with E-state index in [1.165, 1.54) is 0 Å². The first-order valence-electron chi connectivity index (χ1n) is 6.66. The number of ether oxygens (including phenoxy) is 1. The summed E-state index contributed by atoms with van der Waals surface area (Å²) in [4.78, 5) is 13.9. The first-order valence-corrected chi connectivity index (χ1v) is 6.66. The Morgan fingerprint density at radius 3 is 2.52 bits per heavy atom. The van der Waals surface area contributed by atoms with Crippen LogP contribution in [0.15, 0.2) is 29.4 Å². The molecule has 0 heterocycles. The first kappa shape index (κ1) is 16.6. The third kappa shape index (κ3) is 5.21. The van der Waals surface area contributed by atoms with Crippen molar-refractivity contribution in [1.29, 1.82) is 0 Å². The Kier molecular flexibility index (Phi) is 6.32. The monoisotopic (exact) mass is 294 g/mol. The summed E-state index contributed by atoms with van der Waals surface area (Å²) in [6, 6.07) is 6.82. The van der Waals surface area contributed by atoms with Crippen LogP contribution < -0.4 is 15.8 Å². The number of amidine groups is 1. The van der Waals surface area contributed by atoms with Crippen LogP contribution in [0.4, 0.5) is 10.5 Å². The minimum atomic E-state index is -0.235. The van der Waals surface area contributed by atoms with Crippen LogP contribution in [0.1, 0.15) is 20.3 Å². The number of rotatable bonds is 6. The third-order valence-electron chi connectivity index (χ3n) is 2.96. The molecule has 2 amide bonds. The largest absolute Gasteiger partial charge is 0.497 e. The summed E-state index contributed by atoms with van der Waals surface area (Å²) in [6.45, 7) is 4.18. The summed E-state index contributed by atoms with van der Waals surface area (Å²) in [5.41, 5.74) is 6.11.